The maximum Gasteiger partial charge on any atom is 0.0788 e. The van der Waals surface area contributed by atoms with Gasteiger partial charge in [0.25, 0.3) is 0 Å². The predicted molar refractivity (Wildman–Crippen MR) is 210 cm³/mol. The third-order valence-corrected chi connectivity index (χ3v) is 10.0. The van der Waals surface area contributed by atoms with E-state index >= 15 is 0 Å². The average molecular weight is 641 g/mol. The monoisotopic (exact) mass is 640 g/mol. The molecule has 7 aromatic carbocycles. The Morgan fingerprint density at radius 3 is 1.74 bits per heavy atom. The topological polar surface area (TPSA) is 40.8 Å². The van der Waals surface area contributed by atoms with Crippen molar-refractivity contribution < 1.29 is 0 Å². The van der Waals surface area contributed by atoms with E-state index in [1.165, 1.54) is 43.6 Å². The van der Waals surface area contributed by atoms with E-state index in [0.717, 1.165) is 45.0 Å². The normalized spacial score (nSPS) is 11.7. The van der Waals surface area contributed by atoms with Gasteiger partial charge in [0.05, 0.1) is 22.1 Å². The summed E-state index contributed by atoms with van der Waals surface area (Å²) in [6.45, 7) is 0. The first-order valence-corrected chi connectivity index (χ1v) is 17.0. The number of anilines is 1. The zero-order chi connectivity index (χ0) is 33.2. The first kappa shape index (κ1) is 28.3. The highest BCUT2D eigenvalue weighted by Crippen LogP contribution is 2.40. The predicted octanol–water partition coefficient (Wildman–Crippen LogP) is 11.6. The third-order valence-electron chi connectivity index (χ3n) is 10.0. The molecule has 0 bridgehead atoms. The molecule has 3 heterocycles. The Morgan fingerprint density at radius 1 is 0.380 bits per heavy atom. The van der Waals surface area contributed by atoms with E-state index < -0.39 is 0 Å². The number of rotatable bonds is 5. The van der Waals surface area contributed by atoms with Gasteiger partial charge in [0.15, 0.2) is 0 Å². The van der Waals surface area contributed by atoms with Crippen LogP contribution < -0.4 is 5.73 Å². The number of benzene rings is 7. The van der Waals surface area contributed by atoms with Gasteiger partial charge in [0.1, 0.15) is 0 Å². The Bertz CT molecular complexity index is 2860. The molecular weight excluding hydrogens is 609 g/mol. The van der Waals surface area contributed by atoms with Crippen LogP contribution in [0.15, 0.2) is 182 Å². The Balaban J connectivity index is 1.14. The summed E-state index contributed by atoms with van der Waals surface area (Å²) in [7, 11) is 0. The van der Waals surface area contributed by atoms with Crippen molar-refractivity contribution in [1.29, 1.82) is 0 Å². The van der Waals surface area contributed by atoms with Crippen molar-refractivity contribution in [2.45, 2.75) is 0 Å². The van der Waals surface area contributed by atoms with E-state index in [1.54, 1.807) is 0 Å². The molecule has 0 saturated carbocycles. The maximum atomic E-state index is 6.67. The molecule has 0 atom stereocenters. The summed E-state index contributed by atoms with van der Waals surface area (Å²) in [6.07, 6.45) is 4.32. The van der Waals surface area contributed by atoms with Gasteiger partial charge in [-0.25, -0.2) is 0 Å². The highest BCUT2D eigenvalue weighted by atomic mass is 15.0. The number of fused-ring (bicyclic) bond motifs is 6. The van der Waals surface area contributed by atoms with Crippen molar-refractivity contribution >= 4 is 49.3 Å². The molecule has 0 aliphatic heterocycles. The summed E-state index contributed by atoms with van der Waals surface area (Å²) >= 11 is 0. The molecule has 10 rings (SSSR count). The van der Waals surface area contributed by atoms with Gasteiger partial charge in [-0.15, -0.1) is 0 Å². The van der Waals surface area contributed by atoms with Crippen LogP contribution in [0.4, 0.5) is 5.69 Å². The standard InChI is InChI=1S/C46H32N4/c47-42-21-17-32(29-40(42)34-19-22-43-35(28-34)25-26-48(43)36-10-4-1-5-11-36)33-18-23-44-41(30-33)39-20-16-31-24-27-49(37-12-6-2-7-13-37)45(31)46(39)50(44)38-14-8-3-9-15-38/h1-30H,47H2. The van der Waals surface area contributed by atoms with Crippen LogP contribution in [-0.2, 0) is 0 Å². The van der Waals surface area contributed by atoms with E-state index in [1.807, 2.05) is 12.1 Å². The molecule has 0 saturated heterocycles. The molecule has 0 radical (unpaired) electrons. The van der Waals surface area contributed by atoms with Crippen LogP contribution >= 0.6 is 0 Å². The highest BCUT2D eigenvalue weighted by Gasteiger charge is 2.19. The average Bonchev–Trinajstić information content (AvgIpc) is 3.89. The van der Waals surface area contributed by atoms with Gasteiger partial charge < -0.3 is 19.4 Å². The molecule has 2 N–H and O–H groups in total. The maximum absolute atomic E-state index is 6.67. The lowest BCUT2D eigenvalue weighted by atomic mass is 9.96. The first-order chi connectivity index (χ1) is 24.7. The molecule has 0 unspecified atom stereocenters. The molecular formula is C46H32N4. The van der Waals surface area contributed by atoms with E-state index in [9.17, 15) is 0 Å². The van der Waals surface area contributed by atoms with Crippen LogP contribution in [0.25, 0.3) is 82.9 Å². The van der Waals surface area contributed by atoms with Gasteiger partial charge in [-0.2, -0.15) is 0 Å². The van der Waals surface area contributed by atoms with Crippen molar-refractivity contribution in [2.24, 2.45) is 0 Å². The summed E-state index contributed by atoms with van der Waals surface area (Å²) in [5, 5.41) is 4.82. The van der Waals surface area contributed by atoms with E-state index in [2.05, 4.69) is 184 Å². The van der Waals surface area contributed by atoms with Gasteiger partial charge in [-0.05, 0) is 102 Å². The Hall–Kier alpha value is -6.78. The van der Waals surface area contributed by atoms with Gasteiger partial charge in [-0.3, -0.25) is 0 Å². The van der Waals surface area contributed by atoms with Crippen molar-refractivity contribution in [1.82, 2.24) is 13.7 Å². The fourth-order valence-corrected chi connectivity index (χ4v) is 7.66. The summed E-state index contributed by atoms with van der Waals surface area (Å²) in [4.78, 5) is 0. The second kappa shape index (κ2) is 11.1. The molecule has 10 aromatic rings. The number of aromatic nitrogens is 3. The summed E-state index contributed by atoms with van der Waals surface area (Å²) in [6, 6.07) is 60.5. The number of nitrogen functional groups attached to an aromatic ring is 1. The number of nitrogens with two attached hydrogens (primary N) is 1. The fraction of sp³-hybridized carbons (Fsp3) is 0. The zero-order valence-corrected chi connectivity index (χ0v) is 27.2. The minimum atomic E-state index is 0.765. The van der Waals surface area contributed by atoms with E-state index in [0.29, 0.717) is 0 Å². The molecule has 3 aromatic heterocycles. The van der Waals surface area contributed by atoms with Gasteiger partial charge in [0.2, 0.25) is 0 Å². The lowest BCUT2D eigenvalue weighted by Crippen LogP contribution is -1.97. The second-order valence-corrected chi connectivity index (χ2v) is 12.9. The zero-order valence-electron chi connectivity index (χ0n) is 27.2. The molecule has 0 spiro atoms. The third kappa shape index (κ3) is 4.39. The lowest BCUT2D eigenvalue weighted by Gasteiger charge is -2.12. The smallest absolute Gasteiger partial charge is 0.0788 e. The molecule has 4 nitrogen and oxygen atoms in total. The Labute approximate surface area is 289 Å². The van der Waals surface area contributed by atoms with E-state index in [-0.39, 0.29) is 0 Å². The quantitative estimate of drug-likeness (QED) is 0.187. The molecule has 0 aliphatic carbocycles. The lowest BCUT2D eigenvalue weighted by molar-refractivity contribution is 1.12. The Kier molecular flexibility index (Phi) is 6.30. The molecule has 50 heavy (non-hydrogen) atoms. The summed E-state index contributed by atoms with van der Waals surface area (Å²) in [5.41, 5.74) is 20.0. The molecule has 0 aliphatic rings. The number of hydrogen-bond donors (Lipinski definition) is 1. The number of hydrogen-bond acceptors (Lipinski definition) is 1. The molecule has 236 valence electrons. The summed E-state index contributed by atoms with van der Waals surface area (Å²) < 4.78 is 6.96. The highest BCUT2D eigenvalue weighted by molar-refractivity contribution is 6.18. The van der Waals surface area contributed by atoms with Crippen LogP contribution in [0.3, 0.4) is 0 Å². The molecule has 0 fully saturated rings. The minimum Gasteiger partial charge on any atom is -0.398 e. The largest absolute Gasteiger partial charge is 0.398 e. The molecule has 0 amide bonds. The van der Waals surface area contributed by atoms with Crippen LogP contribution in [0, 0.1) is 0 Å². The van der Waals surface area contributed by atoms with Gasteiger partial charge in [0, 0.05) is 62.3 Å². The van der Waals surface area contributed by atoms with E-state index in [4.69, 9.17) is 5.73 Å². The van der Waals surface area contributed by atoms with Crippen LogP contribution in [0.5, 0.6) is 0 Å². The van der Waals surface area contributed by atoms with Crippen molar-refractivity contribution in [2.75, 3.05) is 5.73 Å². The van der Waals surface area contributed by atoms with Crippen molar-refractivity contribution in [3.8, 4) is 39.3 Å². The van der Waals surface area contributed by atoms with Crippen LogP contribution in [-0.4, -0.2) is 13.7 Å². The van der Waals surface area contributed by atoms with Crippen LogP contribution in [0.1, 0.15) is 0 Å². The minimum absolute atomic E-state index is 0.765. The SMILES string of the molecule is Nc1ccc(-c2ccc3c(c2)c2ccc4ccn(-c5ccccc5)c4c2n3-c2ccccc2)cc1-c1ccc2c(ccn2-c2ccccc2)c1. The second-order valence-electron chi connectivity index (χ2n) is 12.9. The first-order valence-electron chi connectivity index (χ1n) is 17.0. The Morgan fingerprint density at radius 2 is 0.980 bits per heavy atom. The van der Waals surface area contributed by atoms with Crippen molar-refractivity contribution in [3.63, 3.8) is 0 Å². The number of nitrogens with zero attached hydrogens (tertiary/aromatic N) is 3. The van der Waals surface area contributed by atoms with Gasteiger partial charge in [-0.1, -0.05) is 84.9 Å². The molecule has 4 heteroatoms. The van der Waals surface area contributed by atoms with Crippen molar-refractivity contribution in [3.05, 3.63) is 182 Å². The summed E-state index contributed by atoms with van der Waals surface area (Å²) in [5.74, 6) is 0. The van der Waals surface area contributed by atoms with Crippen LogP contribution in [0.2, 0.25) is 0 Å². The van der Waals surface area contributed by atoms with Gasteiger partial charge >= 0.3 is 0 Å². The number of para-hydroxylation sites is 3. The fourth-order valence-electron chi connectivity index (χ4n) is 7.66.